The first-order valence-electron chi connectivity index (χ1n) is 6.50. The van der Waals surface area contributed by atoms with Gasteiger partial charge >= 0.3 is 15.2 Å². The standard InChI is InChI=1S/C11H26O8P2Si/c1-10(12)9-11(19-22(6,7)8,20(13,15-2)16-3)21(14,17-4)18-5/h9H2,1-8H3. The third kappa shape index (κ3) is 4.36. The molecule has 0 rings (SSSR count). The van der Waals surface area contributed by atoms with Crippen LogP contribution >= 0.6 is 15.2 Å². The van der Waals surface area contributed by atoms with Crippen molar-refractivity contribution >= 4 is 29.3 Å². The quantitative estimate of drug-likeness (QED) is 0.422. The van der Waals surface area contributed by atoms with Crippen LogP contribution in [0.2, 0.25) is 19.6 Å². The summed E-state index contributed by atoms with van der Waals surface area (Å²) < 4.78 is 52.1. The molecule has 0 aromatic carbocycles. The van der Waals surface area contributed by atoms with E-state index < -0.39 is 40.8 Å². The topological polar surface area (TPSA) is 97.4 Å². The van der Waals surface area contributed by atoms with E-state index in [1.807, 2.05) is 0 Å². The lowest BCUT2D eigenvalue weighted by atomic mass is 10.3. The van der Waals surface area contributed by atoms with E-state index >= 15 is 0 Å². The summed E-state index contributed by atoms with van der Waals surface area (Å²) in [4.78, 5) is 11.8. The zero-order chi connectivity index (χ0) is 17.8. The number of ketones is 1. The Hall–Kier alpha value is 0.147. The van der Waals surface area contributed by atoms with Crippen LogP contribution in [0.4, 0.5) is 0 Å². The molecular formula is C11H26O8P2Si. The van der Waals surface area contributed by atoms with Gasteiger partial charge < -0.3 is 22.5 Å². The number of carbonyl (C=O) groups is 1. The van der Waals surface area contributed by atoms with E-state index in [0.29, 0.717) is 0 Å². The maximum atomic E-state index is 13.1. The molecule has 0 unspecified atom stereocenters. The van der Waals surface area contributed by atoms with Gasteiger partial charge in [0.1, 0.15) is 5.78 Å². The van der Waals surface area contributed by atoms with Gasteiger partial charge in [-0.1, -0.05) is 0 Å². The van der Waals surface area contributed by atoms with Crippen molar-refractivity contribution in [1.82, 2.24) is 0 Å². The normalized spacial score (nSPS) is 14.2. The Morgan fingerprint density at radius 3 is 1.41 bits per heavy atom. The summed E-state index contributed by atoms with van der Waals surface area (Å²) in [6.45, 7) is 6.61. The second kappa shape index (κ2) is 7.81. The van der Waals surface area contributed by atoms with Gasteiger partial charge in [-0.25, -0.2) is 0 Å². The monoisotopic (exact) mass is 376 g/mol. The molecule has 0 spiro atoms. The molecular weight excluding hydrogens is 350 g/mol. The van der Waals surface area contributed by atoms with E-state index in [9.17, 15) is 13.9 Å². The molecule has 0 radical (unpaired) electrons. The van der Waals surface area contributed by atoms with Crippen LogP contribution in [0.5, 0.6) is 0 Å². The first kappa shape index (κ1) is 22.1. The van der Waals surface area contributed by atoms with E-state index in [2.05, 4.69) is 0 Å². The molecule has 0 fully saturated rings. The van der Waals surface area contributed by atoms with Gasteiger partial charge in [-0.2, -0.15) is 0 Å². The van der Waals surface area contributed by atoms with Gasteiger partial charge in [0.25, 0.3) is 5.08 Å². The van der Waals surface area contributed by atoms with Crippen LogP contribution in [0, 0.1) is 0 Å². The molecule has 0 aliphatic heterocycles. The van der Waals surface area contributed by atoms with Crippen molar-refractivity contribution in [1.29, 1.82) is 0 Å². The Labute approximate surface area is 133 Å². The van der Waals surface area contributed by atoms with Crippen LogP contribution in [-0.2, 0) is 36.4 Å². The van der Waals surface area contributed by atoms with Crippen LogP contribution < -0.4 is 0 Å². The lowest BCUT2D eigenvalue weighted by Gasteiger charge is -2.43. The summed E-state index contributed by atoms with van der Waals surface area (Å²) >= 11 is 0. The Bertz CT molecular complexity index is 445. The Morgan fingerprint density at radius 2 is 1.23 bits per heavy atom. The molecule has 22 heavy (non-hydrogen) atoms. The van der Waals surface area contributed by atoms with E-state index in [0.717, 1.165) is 28.4 Å². The Morgan fingerprint density at radius 1 is 0.909 bits per heavy atom. The summed E-state index contributed by atoms with van der Waals surface area (Å²) in [7, 11) is -6.25. The molecule has 0 amide bonds. The van der Waals surface area contributed by atoms with Gasteiger partial charge in [0.15, 0.2) is 8.32 Å². The first-order valence-corrected chi connectivity index (χ1v) is 13.0. The fourth-order valence-electron chi connectivity index (χ4n) is 2.03. The fraction of sp³-hybridized carbons (Fsp3) is 0.909. The van der Waals surface area contributed by atoms with E-state index in [1.165, 1.54) is 6.92 Å². The summed E-state index contributed by atoms with van der Waals surface area (Å²) in [5.41, 5.74) is 0. The molecule has 11 heteroatoms. The van der Waals surface area contributed by atoms with Crippen molar-refractivity contribution in [3.8, 4) is 0 Å². The van der Waals surface area contributed by atoms with Crippen molar-refractivity contribution in [3.63, 3.8) is 0 Å². The minimum Gasteiger partial charge on any atom is -0.392 e. The minimum atomic E-state index is -4.15. The van der Waals surface area contributed by atoms with Crippen LogP contribution in [0.15, 0.2) is 0 Å². The third-order valence-electron chi connectivity index (χ3n) is 2.77. The molecule has 0 bridgehead atoms. The second-order valence-corrected chi connectivity index (χ2v) is 15.2. The lowest BCUT2D eigenvalue weighted by molar-refractivity contribution is -0.118. The molecule has 0 aromatic rings. The van der Waals surface area contributed by atoms with Crippen molar-refractivity contribution in [3.05, 3.63) is 0 Å². The zero-order valence-corrected chi connectivity index (χ0v) is 17.2. The van der Waals surface area contributed by atoms with Crippen molar-refractivity contribution in [2.24, 2.45) is 0 Å². The average molecular weight is 376 g/mol. The minimum absolute atomic E-state index is 0.415. The molecule has 0 saturated carbocycles. The number of carbonyl (C=O) groups excluding carboxylic acids is 1. The van der Waals surface area contributed by atoms with Gasteiger partial charge in [0.2, 0.25) is 0 Å². The predicted molar refractivity (Wildman–Crippen MR) is 85.7 cm³/mol. The SMILES string of the molecule is COP(=O)(OC)C(CC(C)=O)(O[Si](C)(C)C)P(=O)(OC)OC. The molecule has 8 nitrogen and oxygen atoms in total. The van der Waals surface area contributed by atoms with E-state index in [-0.39, 0.29) is 0 Å². The molecule has 0 aromatic heterocycles. The molecule has 0 aliphatic rings. The highest BCUT2D eigenvalue weighted by molar-refractivity contribution is 7.74. The van der Waals surface area contributed by atoms with Gasteiger partial charge in [-0.15, -0.1) is 0 Å². The summed E-state index contributed by atoms with van der Waals surface area (Å²) in [5.74, 6) is -0.415. The van der Waals surface area contributed by atoms with Crippen LogP contribution in [-0.4, -0.2) is 47.6 Å². The summed E-state index contributed by atoms with van der Waals surface area (Å²) in [6.07, 6.45) is -0.491. The van der Waals surface area contributed by atoms with Gasteiger partial charge in [-0.3, -0.25) is 13.9 Å². The van der Waals surface area contributed by atoms with Crippen LogP contribution in [0.1, 0.15) is 13.3 Å². The maximum Gasteiger partial charge on any atom is 0.373 e. The highest BCUT2D eigenvalue weighted by Crippen LogP contribution is 2.79. The third-order valence-corrected chi connectivity index (χ3v) is 9.67. The number of rotatable bonds is 10. The molecule has 0 heterocycles. The Balaban J connectivity index is 6.60. The number of hydrogen-bond donors (Lipinski definition) is 0. The summed E-state index contributed by atoms with van der Waals surface area (Å²) in [6, 6.07) is 0. The zero-order valence-electron chi connectivity index (χ0n) is 14.4. The summed E-state index contributed by atoms with van der Waals surface area (Å²) in [5, 5.41) is -2.15. The van der Waals surface area contributed by atoms with Crippen LogP contribution in [0.25, 0.3) is 0 Å². The van der Waals surface area contributed by atoms with Gasteiger partial charge in [0.05, 0.1) is 6.42 Å². The predicted octanol–water partition coefficient (Wildman–Crippen LogP) is 3.44. The van der Waals surface area contributed by atoms with Crippen molar-refractivity contribution in [2.75, 3.05) is 28.4 Å². The highest BCUT2D eigenvalue weighted by atomic mass is 31.2. The molecule has 0 atom stereocenters. The van der Waals surface area contributed by atoms with Crippen molar-refractivity contribution < 1.29 is 36.4 Å². The molecule has 0 saturated heterocycles. The molecule has 0 N–H and O–H groups in total. The molecule has 0 aliphatic carbocycles. The van der Waals surface area contributed by atoms with Gasteiger partial charge in [0, 0.05) is 28.4 Å². The molecule has 132 valence electrons. The largest absolute Gasteiger partial charge is 0.392 e. The first-order chi connectivity index (χ1) is 9.87. The second-order valence-electron chi connectivity index (χ2n) is 5.56. The fourth-order valence-corrected chi connectivity index (χ4v) is 10.1. The number of hydrogen-bond acceptors (Lipinski definition) is 8. The lowest BCUT2D eigenvalue weighted by Crippen LogP contribution is -2.45. The number of Topliss-reactive ketones (excluding diaryl/α,β-unsaturated/α-hetero) is 1. The smallest absolute Gasteiger partial charge is 0.373 e. The van der Waals surface area contributed by atoms with Crippen LogP contribution in [0.3, 0.4) is 0 Å². The van der Waals surface area contributed by atoms with Gasteiger partial charge in [-0.05, 0) is 26.6 Å². The van der Waals surface area contributed by atoms with E-state index in [1.54, 1.807) is 19.6 Å². The van der Waals surface area contributed by atoms with E-state index in [4.69, 9.17) is 22.5 Å². The maximum absolute atomic E-state index is 13.1. The average Bonchev–Trinajstić information content (AvgIpc) is 2.42. The highest BCUT2D eigenvalue weighted by Gasteiger charge is 2.67. The Kier molecular flexibility index (Phi) is 7.86. The van der Waals surface area contributed by atoms with Crippen molar-refractivity contribution in [2.45, 2.75) is 38.1 Å².